The highest BCUT2D eigenvalue weighted by molar-refractivity contribution is 7.14. The highest BCUT2D eigenvalue weighted by atomic mass is 32.1. The number of aliphatic hydroxyl groups excluding tert-OH is 1. The van der Waals surface area contributed by atoms with Crippen LogP contribution in [0.1, 0.15) is 43.1 Å². The Kier molecular flexibility index (Phi) is 4.73. The van der Waals surface area contributed by atoms with Crippen molar-refractivity contribution in [2.24, 2.45) is 0 Å². The molecule has 1 aliphatic rings. The van der Waals surface area contributed by atoms with Crippen molar-refractivity contribution in [3.63, 3.8) is 0 Å². The van der Waals surface area contributed by atoms with Gasteiger partial charge in [-0.3, -0.25) is 0 Å². The molecule has 4 rings (SSSR count). The van der Waals surface area contributed by atoms with E-state index >= 15 is 0 Å². The van der Waals surface area contributed by atoms with E-state index in [-0.39, 0.29) is 12.2 Å². The van der Waals surface area contributed by atoms with E-state index in [1.165, 1.54) is 16.7 Å². The summed E-state index contributed by atoms with van der Waals surface area (Å²) in [5.74, 6) is 0.628. The Balaban J connectivity index is 1.69. The Morgan fingerprint density at radius 2 is 2.04 bits per heavy atom. The summed E-state index contributed by atoms with van der Waals surface area (Å²) in [6.07, 6.45) is 1.40. The molecule has 0 radical (unpaired) electrons. The number of benzene rings is 2. The number of fused-ring (bicyclic) bond motifs is 1. The molecule has 1 N–H and O–H groups in total. The predicted octanol–water partition coefficient (Wildman–Crippen LogP) is 5.72. The molecule has 0 fully saturated rings. The molecule has 3 aromatic rings. The minimum atomic E-state index is -0.343. The lowest BCUT2D eigenvalue weighted by Gasteiger charge is -2.11. The van der Waals surface area contributed by atoms with Crippen molar-refractivity contribution in [2.45, 2.75) is 38.9 Å². The van der Waals surface area contributed by atoms with Gasteiger partial charge in [0.15, 0.2) is 0 Å². The third-order valence-corrected chi connectivity index (χ3v) is 5.88. The number of hydrogen-bond donors (Lipinski definition) is 1. The zero-order chi connectivity index (χ0) is 19.0. The van der Waals surface area contributed by atoms with Gasteiger partial charge in [-0.2, -0.15) is 5.26 Å². The number of ether oxygens (including phenoxy) is 1. The van der Waals surface area contributed by atoms with Gasteiger partial charge in [-0.15, -0.1) is 11.3 Å². The van der Waals surface area contributed by atoms with Gasteiger partial charge in [-0.05, 0) is 84.2 Å². The first-order valence-electron chi connectivity index (χ1n) is 9.16. The van der Waals surface area contributed by atoms with Gasteiger partial charge in [0.25, 0.3) is 0 Å². The molecule has 0 spiro atoms. The predicted molar refractivity (Wildman–Crippen MR) is 109 cm³/mol. The Bertz CT molecular complexity index is 1030. The van der Waals surface area contributed by atoms with Crippen LogP contribution in [-0.2, 0) is 6.42 Å². The largest absolute Gasteiger partial charge is 0.490 e. The molecule has 1 heterocycles. The molecule has 0 aliphatic heterocycles. The van der Waals surface area contributed by atoms with E-state index < -0.39 is 0 Å². The van der Waals surface area contributed by atoms with E-state index in [1.54, 1.807) is 11.3 Å². The molecule has 1 atom stereocenters. The van der Waals surface area contributed by atoms with Crippen LogP contribution < -0.4 is 4.74 Å². The number of rotatable bonds is 4. The normalized spacial score (nSPS) is 15.6. The average molecular weight is 375 g/mol. The average Bonchev–Trinajstić information content (AvgIpc) is 3.29. The van der Waals surface area contributed by atoms with Crippen molar-refractivity contribution < 1.29 is 9.84 Å². The number of nitrogens with zero attached hydrogens (tertiary/aromatic N) is 1. The molecule has 4 heteroatoms. The van der Waals surface area contributed by atoms with Crippen LogP contribution in [0.25, 0.3) is 21.6 Å². The number of aliphatic hydroxyl groups is 1. The summed E-state index contributed by atoms with van der Waals surface area (Å²) in [6.45, 7) is 3.91. The van der Waals surface area contributed by atoms with Gasteiger partial charge in [0.05, 0.1) is 17.8 Å². The number of thiophene rings is 1. The molecule has 0 saturated carbocycles. The fourth-order valence-electron chi connectivity index (χ4n) is 3.66. The van der Waals surface area contributed by atoms with Gasteiger partial charge in [0.1, 0.15) is 11.8 Å². The van der Waals surface area contributed by atoms with Crippen LogP contribution in [0.15, 0.2) is 47.8 Å². The maximum atomic E-state index is 10.1. The van der Waals surface area contributed by atoms with Gasteiger partial charge >= 0.3 is 0 Å². The van der Waals surface area contributed by atoms with Gasteiger partial charge in [0.2, 0.25) is 0 Å². The first kappa shape index (κ1) is 17.8. The molecule has 1 aromatic heterocycles. The second-order valence-corrected chi connectivity index (χ2v) is 8.03. The molecule has 0 saturated heterocycles. The van der Waals surface area contributed by atoms with E-state index in [0.717, 1.165) is 28.8 Å². The minimum Gasteiger partial charge on any atom is -0.490 e. The molecule has 27 heavy (non-hydrogen) atoms. The molecular weight excluding hydrogens is 354 g/mol. The van der Waals surface area contributed by atoms with E-state index in [1.807, 2.05) is 44.2 Å². The van der Waals surface area contributed by atoms with Crippen molar-refractivity contribution in [1.29, 1.82) is 5.26 Å². The van der Waals surface area contributed by atoms with Crippen molar-refractivity contribution >= 4 is 11.3 Å². The monoisotopic (exact) mass is 375 g/mol. The summed E-state index contributed by atoms with van der Waals surface area (Å²) in [6, 6.07) is 16.4. The van der Waals surface area contributed by atoms with Gasteiger partial charge in [-0.1, -0.05) is 18.2 Å². The molecule has 136 valence electrons. The summed E-state index contributed by atoms with van der Waals surface area (Å²) in [7, 11) is 0. The minimum absolute atomic E-state index is 0.0341. The van der Waals surface area contributed by atoms with Crippen molar-refractivity contribution in [3.8, 4) is 33.4 Å². The summed E-state index contributed by atoms with van der Waals surface area (Å²) in [4.78, 5) is 1.12. The summed E-state index contributed by atoms with van der Waals surface area (Å²) >= 11 is 1.67. The zero-order valence-corrected chi connectivity index (χ0v) is 16.2. The van der Waals surface area contributed by atoms with Crippen molar-refractivity contribution in [2.75, 3.05) is 0 Å². The van der Waals surface area contributed by atoms with Crippen molar-refractivity contribution in [1.82, 2.24) is 0 Å². The quantitative estimate of drug-likeness (QED) is 0.634. The smallest absolute Gasteiger partial charge is 0.137 e. The highest BCUT2D eigenvalue weighted by Crippen LogP contribution is 2.40. The first-order chi connectivity index (χ1) is 13.1. The molecule has 1 unspecified atom stereocenters. The van der Waals surface area contributed by atoms with Crippen LogP contribution in [0, 0.1) is 11.3 Å². The molecule has 2 aromatic carbocycles. The second kappa shape index (κ2) is 7.19. The van der Waals surface area contributed by atoms with Crippen LogP contribution in [0.3, 0.4) is 0 Å². The fraction of sp³-hybridized carbons (Fsp3) is 0.261. The lowest BCUT2D eigenvalue weighted by Crippen LogP contribution is -2.06. The van der Waals surface area contributed by atoms with E-state index in [0.29, 0.717) is 11.3 Å². The standard InChI is InChI=1S/C23H21NO2S/c1-14(2)26-22-9-6-15(10-16(22)12-24)23-11-17(13-27-23)18-4-3-5-20-19(18)7-8-21(20)25/h3-6,9-11,13-14,21,25H,7-8H2,1-2H3. The number of hydrogen-bond acceptors (Lipinski definition) is 4. The van der Waals surface area contributed by atoms with Gasteiger partial charge in [-0.25, -0.2) is 0 Å². The SMILES string of the molecule is CC(C)Oc1ccc(-c2cc(-c3cccc4c3CCC4O)cs2)cc1C#N. The summed E-state index contributed by atoms with van der Waals surface area (Å²) in [5.41, 5.74) is 6.26. The number of nitriles is 1. The van der Waals surface area contributed by atoms with E-state index in [4.69, 9.17) is 4.74 Å². The lowest BCUT2D eigenvalue weighted by atomic mass is 9.98. The van der Waals surface area contributed by atoms with Crippen molar-refractivity contribution in [3.05, 3.63) is 64.5 Å². The van der Waals surface area contributed by atoms with Crippen LogP contribution >= 0.6 is 11.3 Å². The Labute approximate surface area is 163 Å². The third-order valence-electron chi connectivity index (χ3n) is 4.90. The van der Waals surface area contributed by atoms with Gasteiger partial charge < -0.3 is 9.84 Å². The molecule has 3 nitrogen and oxygen atoms in total. The van der Waals surface area contributed by atoms with Crippen LogP contribution in [0.2, 0.25) is 0 Å². The Hall–Kier alpha value is -2.61. The molecule has 0 bridgehead atoms. The second-order valence-electron chi connectivity index (χ2n) is 7.12. The zero-order valence-electron chi connectivity index (χ0n) is 15.4. The first-order valence-corrected chi connectivity index (χ1v) is 10.0. The van der Waals surface area contributed by atoms with E-state index in [9.17, 15) is 10.4 Å². The van der Waals surface area contributed by atoms with E-state index in [2.05, 4.69) is 23.6 Å². The summed E-state index contributed by atoms with van der Waals surface area (Å²) in [5, 5.41) is 21.8. The van der Waals surface area contributed by atoms with Gasteiger partial charge in [0, 0.05) is 4.88 Å². The topological polar surface area (TPSA) is 53.2 Å². The Morgan fingerprint density at radius 1 is 1.19 bits per heavy atom. The highest BCUT2D eigenvalue weighted by Gasteiger charge is 2.23. The van der Waals surface area contributed by atoms with Crippen LogP contribution in [-0.4, -0.2) is 11.2 Å². The molecule has 1 aliphatic carbocycles. The fourth-order valence-corrected chi connectivity index (χ4v) is 4.57. The van der Waals surface area contributed by atoms with Crippen LogP contribution in [0.4, 0.5) is 0 Å². The lowest BCUT2D eigenvalue weighted by molar-refractivity contribution is 0.180. The Morgan fingerprint density at radius 3 is 2.81 bits per heavy atom. The molecular formula is C23H21NO2S. The summed E-state index contributed by atoms with van der Waals surface area (Å²) < 4.78 is 5.72. The molecule has 0 amide bonds. The maximum absolute atomic E-state index is 10.1. The third kappa shape index (κ3) is 3.37. The van der Waals surface area contributed by atoms with Crippen LogP contribution in [0.5, 0.6) is 5.75 Å². The maximum Gasteiger partial charge on any atom is 0.137 e.